The third-order valence-electron chi connectivity index (χ3n) is 5.02. The summed E-state index contributed by atoms with van der Waals surface area (Å²) in [4.78, 5) is 24.0. The number of hydrogen-bond acceptors (Lipinski definition) is 2. The van der Waals surface area contributed by atoms with Crippen LogP contribution >= 0.6 is 0 Å². The summed E-state index contributed by atoms with van der Waals surface area (Å²) in [5, 5.41) is 12.2. The van der Waals surface area contributed by atoms with Crippen LogP contribution in [0.4, 0.5) is 0 Å². The minimum atomic E-state index is -1.05. The first kappa shape index (κ1) is 17.2. The number of aliphatic carboxylic acids is 1. The number of carboxylic acids is 1. The van der Waals surface area contributed by atoms with Gasteiger partial charge in [0.1, 0.15) is 5.54 Å². The van der Waals surface area contributed by atoms with Gasteiger partial charge < -0.3 is 10.4 Å². The molecular weight excluding hydrogens is 314 g/mol. The number of benzene rings is 2. The van der Waals surface area contributed by atoms with Gasteiger partial charge >= 0.3 is 5.97 Å². The summed E-state index contributed by atoms with van der Waals surface area (Å²) in [5.41, 5.74) is 1.21. The van der Waals surface area contributed by atoms with Gasteiger partial charge in [-0.25, -0.2) is 4.79 Å². The van der Waals surface area contributed by atoms with Crippen LogP contribution in [0.15, 0.2) is 60.7 Å². The molecule has 0 radical (unpaired) electrons. The maximum atomic E-state index is 12.6. The van der Waals surface area contributed by atoms with Crippen molar-refractivity contribution in [3.8, 4) is 0 Å². The van der Waals surface area contributed by atoms with Gasteiger partial charge in [0.2, 0.25) is 5.91 Å². The summed E-state index contributed by atoms with van der Waals surface area (Å²) < 4.78 is 0. The minimum absolute atomic E-state index is 0.0227. The van der Waals surface area contributed by atoms with Crippen LogP contribution in [0, 0.1) is 0 Å². The van der Waals surface area contributed by atoms with Crippen molar-refractivity contribution in [3.63, 3.8) is 0 Å². The van der Waals surface area contributed by atoms with Crippen LogP contribution < -0.4 is 5.32 Å². The zero-order valence-electron chi connectivity index (χ0n) is 14.2. The molecule has 0 heterocycles. The molecule has 0 spiro atoms. The van der Waals surface area contributed by atoms with Crippen LogP contribution in [0.25, 0.3) is 0 Å². The summed E-state index contributed by atoms with van der Waals surface area (Å²) in [7, 11) is 0. The number of hydrogen-bond donors (Lipinski definition) is 2. The Bertz CT molecular complexity index is 723. The molecule has 2 N–H and O–H groups in total. The normalized spacial score (nSPS) is 16.5. The van der Waals surface area contributed by atoms with Gasteiger partial charge in [-0.05, 0) is 42.7 Å². The van der Waals surface area contributed by atoms with E-state index in [1.54, 1.807) is 0 Å². The lowest BCUT2D eigenvalue weighted by Gasteiger charge is -2.38. The van der Waals surface area contributed by atoms with Gasteiger partial charge in [0, 0.05) is 6.42 Å². The molecule has 0 aromatic heterocycles. The summed E-state index contributed by atoms with van der Waals surface area (Å²) in [6, 6.07) is 20.0. The molecule has 1 amide bonds. The smallest absolute Gasteiger partial charge is 0.329 e. The Morgan fingerprint density at radius 3 is 2.12 bits per heavy atom. The van der Waals surface area contributed by atoms with Crippen molar-refractivity contribution < 1.29 is 14.7 Å². The van der Waals surface area contributed by atoms with Crippen LogP contribution in [0.3, 0.4) is 0 Å². The van der Waals surface area contributed by atoms with E-state index in [1.165, 1.54) is 5.56 Å². The topological polar surface area (TPSA) is 66.4 Å². The SMILES string of the molecule is O=C(CC(Cc1ccccc1)c1ccccc1)NC1(C(=O)O)CCC1. The predicted octanol–water partition coefficient (Wildman–Crippen LogP) is 3.53. The van der Waals surface area contributed by atoms with Gasteiger partial charge in [-0.15, -0.1) is 0 Å². The van der Waals surface area contributed by atoms with Crippen LogP contribution in [-0.2, 0) is 16.0 Å². The van der Waals surface area contributed by atoms with Gasteiger partial charge in [-0.2, -0.15) is 0 Å². The van der Waals surface area contributed by atoms with Crippen molar-refractivity contribution in [3.05, 3.63) is 71.8 Å². The molecule has 25 heavy (non-hydrogen) atoms. The van der Waals surface area contributed by atoms with E-state index < -0.39 is 11.5 Å². The molecule has 1 fully saturated rings. The zero-order chi connectivity index (χ0) is 17.7. The first-order chi connectivity index (χ1) is 12.1. The van der Waals surface area contributed by atoms with Crippen LogP contribution in [-0.4, -0.2) is 22.5 Å². The second kappa shape index (κ2) is 7.51. The third-order valence-corrected chi connectivity index (χ3v) is 5.02. The van der Waals surface area contributed by atoms with E-state index in [9.17, 15) is 14.7 Å². The van der Waals surface area contributed by atoms with Crippen molar-refractivity contribution in [1.82, 2.24) is 5.32 Å². The Labute approximate surface area is 147 Å². The highest BCUT2D eigenvalue weighted by molar-refractivity contribution is 5.88. The number of nitrogens with one attached hydrogen (secondary N) is 1. The van der Waals surface area contributed by atoms with E-state index >= 15 is 0 Å². The van der Waals surface area contributed by atoms with Crippen molar-refractivity contribution in [2.24, 2.45) is 0 Å². The number of rotatable bonds is 7. The Morgan fingerprint density at radius 2 is 1.60 bits per heavy atom. The first-order valence-electron chi connectivity index (χ1n) is 8.72. The lowest BCUT2D eigenvalue weighted by molar-refractivity contribution is -0.151. The quantitative estimate of drug-likeness (QED) is 0.812. The van der Waals surface area contributed by atoms with Crippen molar-refractivity contribution in [1.29, 1.82) is 0 Å². The molecule has 4 nitrogen and oxygen atoms in total. The average Bonchev–Trinajstić information content (AvgIpc) is 2.59. The van der Waals surface area contributed by atoms with E-state index in [0.717, 1.165) is 18.4 Å². The molecule has 4 heteroatoms. The maximum Gasteiger partial charge on any atom is 0.329 e. The fraction of sp³-hybridized carbons (Fsp3) is 0.333. The molecule has 130 valence electrons. The summed E-state index contributed by atoms with van der Waals surface area (Å²) in [5.74, 6) is -1.09. The summed E-state index contributed by atoms with van der Waals surface area (Å²) >= 11 is 0. The van der Waals surface area contributed by atoms with E-state index in [2.05, 4.69) is 17.4 Å². The van der Waals surface area contributed by atoms with Gasteiger partial charge in [-0.1, -0.05) is 60.7 Å². The Kier molecular flexibility index (Phi) is 5.17. The first-order valence-corrected chi connectivity index (χ1v) is 8.72. The van der Waals surface area contributed by atoms with Gasteiger partial charge in [0.05, 0.1) is 0 Å². The second-order valence-corrected chi connectivity index (χ2v) is 6.79. The van der Waals surface area contributed by atoms with Crippen molar-refractivity contribution in [2.45, 2.75) is 43.6 Å². The molecule has 1 saturated carbocycles. The third kappa shape index (κ3) is 4.08. The Morgan fingerprint density at radius 1 is 1.00 bits per heavy atom. The highest BCUT2D eigenvalue weighted by Gasteiger charge is 2.45. The Hall–Kier alpha value is -2.62. The highest BCUT2D eigenvalue weighted by Crippen LogP contribution is 2.33. The van der Waals surface area contributed by atoms with Crippen LogP contribution in [0.5, 0.6) is 0 Å². The number of carboxylic acid groups (broad SMARTS) is 1. The van der Waals surface area contributed by atoms with Gasteiger partial charge in [0.25, 0.3) is 0 Å². The molecular formula is C21H23NO3. The predicted molar refractivity (Wildman–Crippen MR) is 96.3 cm³/mol. The van der Waals surface area contributed by atoms with Gasteiger partial charge in [0.15, 0.2) is 0 Å². The molecule has 3 rings (SSSR count). The lowest BCUT2D eigenvalue weighted by Crippen LogP contribution is -2.59. The lowest BCUT2D eigenvalue weighted by atomic mass is 9.76. The molecule has 0 aliphatic heterocycles. The maximum absolute atomic E-state index is 12.6. The number of carbonyl (C=O) groups is 2. The Balaban J connectivity index is 1.73. The zero-order valence-corrected chi connectivity index (χ0v) is 14.2. The van der Waals surface area contributed by atoms with E-state index in [1.807, 2.05) is 48.5 Å². The molecule has 1 aliphatic carbocycles. The highest BCUT2D eigenvalue weighted by atomic mass is 16.4. The molecule has 2 aromatic carbocycles. The summed E-state index contributed by atoms with van der Waals surface area (Å²) in [6.07, 6.45) is 2.91. The standard InChI is InChI=1S/C21H23NO3/c23-19(22-21(20(24)25)12-7-13-21)15-18(17-10-5-2-6-11-17)14-16-8-3-1-4-9-16/h1-6,8-11,18H,7,12-15H2,(H,22,23)(H,24,25). The molecule has 1 unspecified atom stereocenters. The van der Waals surface area contributed by atoms with Crippen LogP contribution in [0.2, 0.25) is 0 Å². The fourth-order valence-electron chi connectivity index (χ4n) is 3.40. The largest absolute Gasteiger partial charge is 0.480 e. The van der Waals surface area contributed by atoms with E-state index in [0.29, 0.717) is 12.8 Å². The number of amides is 1. The van der Waals surface area contributed by atoms with E-state index in [4.69, 9.17) is 0 Å². The van der Waals surface area contributed by atoms with Crippen LogP contribution in [0.1, 0.15) is 42.7 Å². The molecule has 1 atom stereocenters. The van der Waals surface area contributed by atoms with Crippen molar-refractivity contribution >= 4 is 11.9 Å². The number of carbonyl (C=O) groups excluding carboxylic acids is 1. The van der Waals surface area contributed by atoms with Crippen molar-refractivity contribution in [2.75, 3.05) is 0 Å². The summed E-state index contributed by atoms with van der Waals surface area (Å²) in [6.45, 7) is 0. The van der Waals surface area contributed by atoms with E-state index in [-0.39, 0.29) is 18.2 Å². The molecule has 1 aliphatic rings. The fourth-order valence-corrected chi connectivity index (χ4v) is 3.40. The second-order valence-electron chi connectivity index (χ2n) is 6.79. The average molecular weight is 337 g/mol. The molecule has 2 aromatic rings. The van der Waals surface area contributed by atoms with Gasteiger partial charge in [-0.3, -0.25) is 4.79 Å². The minimum Gasteiger partial charge on any atom is -0.480 e. The molecule has 0 bridgehead atoms. The molecule has 0 saturated heterocycles. The monoisotopic (exact) mass is 337 g/mol.